The number of fused-ring (bicyclic) bond motifs is 2. The molecule has 0 radical (unpaired) electrons. The molecule has 2 fully saturated rings. The van der Waals surface area contributed by atoms with Gasteiger partial charge in [-0.15, -0.1) is 18.3 Å². The lowest BCUT2D eigenvalue weighted by atomic mass is 10.0. The summed E-state index contributed by atoms with van der Waals surface area (Å²) in [5.41, 5.74) is 1.23. The molecule has 4 rings (SSSR count). The van der Waals surface area contributed by atoms with Gasteiger partial charge in [-0.05, 0) is 19.8 Å². The van der Waals surface area contributed by atoms with E-state index in [1.165, 1.54) is 5.71 Å². The van der Waals surface area contributed by atoms with Crippen LogP contribution in [0.15, 0.2) is 30.3 Å². The first-order valence-corrected chi connectivity index (χ1v) is 10.8. The van der Waals surface area contributed by atoms with E-state index in [1.807, 2.05) is 28.7 Å². The average molecular weight is 414 g/mol. The molecule has 1 amide bonds. The highest BCUT2D eigenvalue weighted by atomic mass is 16.6. The van der Waals surface area contributed by atoms with E-state index >= 15 is 0 Å². The summed E-state index contributed by atoms with van der Waals surface area (Å²) < 4.78 is 7.07. The van der Waals surface area contributed by atoms with Crippen molar-refractivity contribution >= 4 is 23.7 Å². The van der Waals surface area contributed by atoms with Gasteiger partial charge in [0.2, 0.25) is 11.9 Å². The van der Waals surface area contributed by atoms with Gasteiger partial charge >= 0.3 is 6.09 Å². The van der Waals surface area contributed by atoms with E-state index in [4.69, 9.17) is 19.8 Å². The van der Waals surface area contributed by atoms with E-state index in [-0.39, 0.29) is 6.09 Å². The highest BCUT2D eigenvalue weighted by molar-refractivity contribution is 5.95. The quantitative estimate of drug-likeness (QED) is 0.637. The van der Waals surface area contributed by atoms with Crippen LogP contribution in [0.5, 0.6) is 0 Å². The second-order valence-electron chi connectivity index (χ2n) is 7.92. The molecule has 9 heteroatoms. The van der Waals surface area contributed by atoms with Crippen molar-refractivity contribution < 1.29 is 9.53 Å². The summed E-state index contributed by atoms with van der Waals surface area (Å²) in [5.74, 6) is 1.77. The highest BCUT2D eigenvalue weighted by Gasteiger charge is 2.40. The minimum atomic E-state index is -0.208. The maximum Gasteiger partial charge on any atom is 0.409 e. The molecular weight excluding hydrogens is 382 g/mol. The smallest absolute Gasteiger partial charge is 0.409 e. The molecule has 1 aromatic heterocycles. The van der Waals surface area contributed by atoms with Crippen LogP contribution >= 0.6 is 0 Å². The van der Waals surface area contributed by atoms with Gasteiger partial charge in [0, 0.05) is 56.9 Å². The van der Waals surface area contributed by atoms with Crippen molar-refractivity contribution in [1.29, 1.82) is 0 Å². The second-order valence-corrected chi connectivity index (χ2v) is 7.92. The number of nitrogens with zero attached hydrogens (tertiary/aromatic N) is 7. The van der Waals surface area contributed by atoms with Crippen LogP contribution in [-0.2, 0) is 11.3 Å². The van der Waals surface area contributed by atoms with E-state index < -0.39 is 0 Å². The number of anilines is 1. The maximum absolute atomic E-state index is 12.0. The summed E-state index contributed by atoms with van der Waals surface area (Å²) in [6.07, 6.45) is 5.69. The van der Waals surface area contributed by atoms with Gasteiger partial charge in [-0.25, -0.2) is 14.5 Å². The average Bonchev–Trinajstić information content (AvgIpc) is 3.35. The molecule has 1 saturated carbocycles. The SMILES string of the molecule is C=CCN(CC=C)c1nc2n(n1)CC1CCC(N3CCN(C(=O)OCC)CC3)C1=N2. The van der Waals surface area contributed by atoms with Crippen LogP contribution in [0.25, 0.3) is 0 Å². The maximum atomic E-state index is 12.0. The molecule has 2 aliphatic heterocycles. The Labute approximate surface area is 177 Å². The van der Waals surface area contributed by atoms with Crippen LogP contribution in [-0.4, -0.2) is 88.3 Å². The minimum Gasteiger partial charge on any atom is -0.450 e. The predicted molar refractivity (Wildman–Crippen MR) is 116 cm³/mol. The van der Waals surface area contributed by atoms with Gasteiger partial charge in [0.05, 0.1) is 13.2 Å². The van der Waals surface area contributed by atoms with Gasteiger partial charge in [-0.3, -0.25) is 4.90 Å². The molecule has 0 spiro atoms. The van der Waals surface area contributed by atoms with Crippen LogP contribution in [0.1, 0.15) is 19.8 Å². The number of hydrogen-bond acceptors (Lipinski definition) is 7. The molecule has 162 valence electrons. The first kappa shape index (κ1) is 20.6. The van der Waals surface area contributed by atoms with Crippen LogP contribution in [0, 0.1) is 5.92 Å². The standard InChI is InChI=1S/C21H31N7O2/c1-4-9-26(10-5-2)20-23-19-22-18-16(15-28(19)24-20)7-8-17(18)25-11-13-27(14-12-25)21(29)30-6-3/h4-5,16-17H,1-2,6-15H2,3H3. The Balaban J connectivity index is 1.46. The lowest BCUT2D eigenvalue weighted by Crippen LogP contribution is -2.53. The Morgan fingerprint density at radius 1 is 1.20 bits per heavy atom. The van der Waals surface area contributed by atoms with Gasteiger partial charge in [-0.1, -0.05) is 12.2 Å². The van der Waals surface area contributed by atoms with Gasteiger partial charge in [0.1, 0.15) is 0 Å². The van der Waals surface area contributed by atoms with E-state index in [0.29, 0.717) is 56.6 Å². The molecule has 2 atom stereocenters. The fraction of sp³-hybridized carbons (Fsp3) is 0.619. The molecule has 2 unspecified atom stereocenters. The number of piperazine rings is 1. The van der Waals surface area contributed by atoms with Crippen molar-refractivity contribution in [2.24, 2.45) is 10.9 Å². The molecule has 3 aliphatic rings. The summed E-state index contributed by atoms with van der Waals surface area (Å²) in [6.45, 7) is 15.2. The van der Waals surface area contributed by atoms with Crippen molar-refractivity contribution in [3.8, 4) is 0 Å². The van der Waals surface area contributed by atoms with E-state index in [9.17, 15) is 4.79 Å². The van der Waals surface area contributed by atoms with Crippen molar-refractivity contribution in [1.82, 2.24) is 24.6 Å². The molecule has 3 heterocycles. The topological polar surface area (TPSA) is 79.1 Å². The summed E-state index contributed by atoms with van der Waals surface area (Å²) in [4.78, 5) is 27.9. The normalized spacial score (nSPS) is 23.4. The molecule has 1 saturated heterocycles. The number of amides is 1. The number of carbonyl (C=O) groups is 1. The lowest BCUT2D eigenvalue weighted by Gasteiger charge is -2.38. The Morgan fingerprint density at radius 3 is 2.60 bits per heavy atom. The van der Waals surface area contributed by atoms with Crippen molar-refractivity contribution in [2.45, 2.75) is 32.4 Å². The lowest BCUT2D eigenvalue weighted by molar-refractivity contribution is 0.0747. The number of aliphatic imine (C=N–C) groups is 1. The Hall–Kier alpha value is -2.68. The number of hydrogen-bond donors (Lipinski definition) is 0. The molecule has 1 aliphatic carbocycles. The van der Waals surface area contributed by atoms with Gasteiger partial charge in [-0.2, -0.15) is 4.98 Å². The largest absolute Gasteiger partial charge is 0.450 e. The number of ether oxygens (including phenoxy) is 1. The Bertz CT molecular complexity index is 815. The summed E-state index contributed by atoms with van der Waals surface area (Å²) in [5, 5.41) is 4.69. The molecule has 0 bridgehead atoms. The molecule has 1 aromatic rings. The molecule has 30 heavy (non-hydrogen) atoms. The monoisotopic (exact) mass is 413 g/mol. The first-order valence-electron chi connectivity index (χ1n) is 10.8. The fourth-order valence-electron chi connectivity index (χ4n) is 4.61. The van der Waals surface area contributed by atoms with Crippen LogP contribution in [0.4, 0.5) is 16.7 Å². The molecule has 0 aromatic carbocycles. The van der Waals surface area contributed by atoms with Crippen LogP contribution in [0.2, 0.25) is 0 Å². The summed E-state index contributed by atoms with van der Waals surface area (Å²) >= 11 is 0. The third-order valence-electron chi connectivity index (χ3n) is 6.07. The van der Waals surface area contributed by atoms with Crippen LogP contribution in [0.3, 0.4) is 0 Å². The first-order chi connectivity index (χ1) is 14.6. The summed E-state index contributed by atoms with van der Waals surface area (Å²) in [7, 11) is 0. The van der Waals surface area contributed by atoms with E-state index in [0.717, 1.165) is 32.5 Å². The van der Waals surface area contributed by atoms with Gasteiger partial charge in [0.15, 0.2) is 0 Å². The highest BCUT2D eigenvalue weighted by Crippen LogP contribution is 2.35. The molecule has 0 N–H and O–H groups in total. The molecule has 9 nitrogen and oxygen atoms in total. The van der Waals surface area contributed by atoms with Crippen LogP contribution < -0.4 is 4.90 Å². The van der Waals surface area contributed by atoms with Crippen molar-refractivity contribution in [3.05, 3.63) is 25.3 Å². The molecular formula is C21H31N7O2. The third kappa shape index (κ3) is 3.98. The van der Waals surface area contributed by atoms with E-state index in [1.54, 1.807) is 4.90 Å². The number of rotatable bonds is 7. The predicted octanol–water partition coefficient (Wildman–Crippen LogP) is 2.10. The Kier molecular flexibility index (Phi) is 6.17. The zero-order valence-electron chi connectivity index (χ0n) is 17.7. The fourth-order valence-corrected chi connectivity index (χ4v) is 4.61. The van der Waals surface area contributed by atoms with Gasteiger partial charge < -0.3 is 14.5 Å². The van der Waals surface area contributed by atoms with E-state index in [2.05, 4.69) is 18.1 Å². The van der Waals surface area contributed by atoms with Crippen molar-refractivity contribution in [2.75, 3.05) is 50.8 Å². The number of carbonyl (C=O) groups excluding carboxylic acids is 1. The zero-order chi connectivity index (χ0) is 21.1. The number of aromatic nitrogens is 3. The van der Waals surface area contributed by atoms with Crippen molar-refractivity contribution in [3.63, 3.8) is 0 Å². The zero-order valence-corrected chi connectivity index (χ0v) is 17.7. The minimum absolute atomic E-state index is 0.208. The Morgan fingerprint density at radius 2 is 1.93 bits per heavy atom. The van der Waals surface area contributed by atoms with Gasteiger partial charge in [0.25, 0.3) is 0 Å². The third-order valence-corrected chi connectivity index (χ3v) is 6.07. The summed E-state index contributed by atoms with van der Waals surface area (Å²) in [6, 6.07) is 0.325. The second kappa shape index (κ2) is 8.99.